The second-order valence-electron chi connectivity index (χ2n) is 5.76. The number of fused-ring (bicyclic) bond motifs is 3. The Morgan fingerprint density at radius 1 is 1.19 bits per heavy atom. The minimum absolute atomic E-state index is 0.00233. The van der Waals surface area contributed by atoms with E-state index >= 15 is 0 Å². The van der Waals surface area contributed by atoms with Gasteiger partial charge in [0.05, 0.1) is 11.1 Å². The summed E-state index contributed by atoms with van der Waals surface area (Å²) in [4.78, 5) is 2.25. The summed E-state index contributed by atoms with van der Waals surface area (Å²) in [5, 5.41) is 0.550. The van der Waals surface area contributed by atoms with Crippen molar-refractivity contribution in [2.75, 3.05) is 19.6 Å². The second kappa shape index (κ2) is 5.70. The molecule has 3 fully saturated rings. The first kappa shape index (κ1) is 15.6. The maximum atomic E-state index is 12.5. The summed E-state index contributed by atoms with van der Waals surface area (Å²) in [6.07, 6.45) is 1.71. The van der Waals surface area contributed by atoms with E-state index in [0.29, 0.717) is 23.0 Å². The van der Waals surface area contributed by atoms with Crippen LogP contribution in [0.15, 0.2) is 17.0 Å². The molecule has 1 aromatic carbocycles. The molecule has 0 saturated carbocycles. The number of piperidine rings is 3. The Kier molecular flexibility index (Phi) is 4.23. The molecule has 4 rings (SSSR count). The highest BCUT2D eigenvalue weighted by atomic mass is 35.5. The molecule has 0 N–H and O–H groups in total. The molecule has 0 spiro atoms. The Morgan fingerprint density at radius 3 is 2.43 bits per heavy atom. The predicted molar refractivity (Wildman–Crippen MR) is 82.4 cm³/mol. The Bertz CT molecular complexity index is 654. The molecule has 3 aliphatic heterocycles. The van der Waals surface area contributed by atoms with Gasteiger partial charge in [-0.2, -0.15) is 8.42 Å². The number of nitrogens with zero attached hydrogens (tertiary/aromatic N) is 1. The summed E-state index contributed by atoms with van der Waals surface area (Å²) in [5.74, 6) is 0.317. The third-order valence-electron chi connectivity index (χ3n) is 4.33. The highest BCUT2D eigenvalue weighted by Crippen LogP contribution is 2.34. The lowest BCUT2D eigenvalue weighted by atomic mass is 9.86. The molecule has 3 aliphatic rings. The number of hydrogen-bond donors (Lipinski definition) is 0. The van der Waals surface area contributed by atoms with Gasteiger partial charge in [-0.1, -0.05) is 23.2 Å². The standard InChI is InChI=1S/C14H17Cl2NO3S/c1-9-6-14(12(16)7-11(9)15)21(18,19)20-13-8-17-4-2-10(13)3-5-17/h6-7,10,13H,2-5,8H2,1H3. The predicted octanol–water partition coefficient (Wildman–Crippen LogP) is 3.10. The first-order chi connectivity index (χ1) is 9.87. The molecule has 3 heterocycles. The second-order valence-corrected chi connectivity index (χ2v) is 8.11. The summed E-state index contributed by atoms with van der Waals surface area (Å²) < 4.78 is 30.5. The fraction of sp³-hybridized carbons (Fsp3) is 0.571. The number of hydrogen-bond acceptors (Lipinski definition) is 4. The molecule has 2 bridgehead atoms. The normalized spacial score (nSPS) is 28.8. The highest BCUT2D eigenvalue weighted by molar-refractivity contribution is 7.87. The topological polar surface area (TPSA) is 46.6 Å². The van der Waals surface area contributed by atoms with E-state index in [0.717, 1.165) is 25.9 Å². The van der Waals surface area contributed by atoms with Crippen LogP contribution in [0.4, 0.5) is 0 Å². The largest absolute Gasteiger partial charge is 0.301 e. The van der Waals surface area contributed by atoms with E-state index in [-0.39, 0.29) is 16.0 Å². The zero-order valence-electron chi connectivity index (χ0n) is 11.7. The Hall–Kier alpha value is -0.330. The smallest absolute Gasteiger partial charge is 0.298 e. The van der Waals surface area contributed by atoms with Crippen molar-refractivity contribution < 1.29 is 12.6 Å². The van der Waals surface area contributed by atoms with Crippen LogP contribution in [0, 0.1) is 12.8 Å². The third kappa shape index (κ3) is 3.08. The monoisotopic (exact) mass is 349 g/mol. The maximum Gasteiger partial charge on any atom is 0.298 e. The third-order valence-corrected chi connectivity index (χ3v) is 6.54. The van der Waals surface area contributed by atoms with Gasteiger partial charge in [-0.3, -0.25) is 4.18 Å². The zero-order valence-corrected chi connectivity index (χ0v) is 14.0. The zero-order chi connectivity index (χ0) is 15.2. The summed E-state index contributed by atoms with van der Waals surface area (Å²) >= 11 is 12.0. The van der Waals surface area contributed by atoms with E-state index in [1.54, 1.807) is 6.92 Å². The van der Waals surface area contributed by atoms with Crippen LogP contribution in [0.3, 0.4) is 0 Å². The summed E-state index contributed by atoms with van der Waals surface area (Å²) in [7, 11) is -3.87. The summed E-state index contributed by atoms with van der Waals surface area (Å²) in [6, 6.07) is 2.92. The molecule has 1 unspecified atom stereocenters. The first-order valence-corrected chi connectivity index (χ1v) is 9.14. The molecule has 0 amide bonds. The maximum absolute atomic E-state index is 12.5. The number of aryl methyl sites for hydroxylation is 1. The molecule has 7 heteroatoms. The Morgan fingerprint density at radius 2 is 1.86 bits per heavy atom. The van der Waals surface area contributed by atoms with Crippen molar-refractivity contribution in [3.05, 3.63) is 27.7 Å². The molecular formula is C14H17Cl2NO3S. The van der Waals surface area contributed by atoms with Gasteiger partial charge in [-0.15, -0.1) is 0 Å². The van der Waals surface area contributed by atoms with Crippen molar-refractivity contribution in [1.29, 1.82) is 0 Å². The lowest BCUT2D eigenvalue weighted by Crippen LogP contribution is -2.51. The van der Waals surface area contributed by atoms with Gasteiger partial charge in [0.1, 0.15) is 4.90 Å². The summed E-state index contributed by atoms with van der Waals surface area (Å²) in [6.45, 7) is 4.48. The number of benzene rings is 1. The van der Waals surface area contributed by atoms with Gasteiger partial charge < -0.3 is 4.90 Å². The van der Waals surface area contributed by atoms with E-state index in [1.165, 1.54) is 12.1 Å². The van der Waals surface area contributed by atoms with Crippen molar-refractivity contribution in [3.8, 4) is 0 Å². The van der Waals surface area contributed by atoms with Gasteiger partial charge in [0.15, 0.2) is 0 Å². The fourth-order valence-electron chi connectivity index (χ4n) is 3.06. The van der Waals surface area contributed by atoms with Crippen molar-refractivity contribution >= 4 is 33.3 Å². The van der Waals surface area contributed by atoms with Crippen LogP contribution >= 0.6 is 23.2 Å². The van der Waals surface area contributed by atoms with Crippen LogP contribution in [0.1, 0.15) is 18.4 Å². The van der Waals surface area contributed by atoms with Gasteiger partial charge >= 0.3 is 0 Å². The van der Waals surface area contributed by atoms with Crippen LogP contribution in [0.25, 0.3) is 0 Å². The van der Waals surface area contributed by atoms with E-state index < -0.39 is 10.1 Å². The molecule has 116 valence electrons. The van der Waals surface area contributed by atoms with Crippen LogP contribution in [0.5, 0.6) is 0 Å². The molecule has 1 aromatic rings. The van der Waals surface area contributed by atoms with Crippen LogP contribution in [-0.4, -0.2) is 39.1 Å². The van der Waals surface area contributed by atoms with Gasteiger partial charge in [0, 0.05) is 11.6 Å². The Balaban J connectivity index is 1.86. The molecule has 0 radical (unpaired) electrons. The molecule has 4 nitrogen and oxygen atoms in total. The van der Waals surface area contributed by atoms with E-state index in [4.69, 9.17) is 27.4 Å². The van der Waals surface area contributed by atoms with Crippen LogP contribution in [-0.2, 0) is 14.3 Å². The van der Waals surface area contributed by atoms with Gasteiger partial charge in [0.2, 0.25) is 0 Å². The minimum atomic E-state index is -3.87. The lowest BCUT2D eigenvalue weighted by molar-refractivity contribution is -0.00428. The fourth-order valence-corrected chi connectivity index (χ4v) is 4.99. The quantitative estimate of drug-likeness (QED) is 0.786. The Labute approximate surface area is 135 Å². The molecular weight excluding hydrogens is 333 g/mol. The van der Waals surface area contributed by atoms with Crippen molar-refractivity contribution in [2.24, 2.45) is 5.92 Å². The summed E-state index contributed by atoms with van der Waals surface area (Å²) in [5.41, 5.74) is 0.664. The minimum Gasteiger partial charge on any atom is -0.301 e. The van der Waals surface area contributed by atoms with Crippen LogP contribution in [0.2, 0.25) is 10.0 Å². The number of rotatable bonds is 3. The van der Waals surface area contributed by atoms with E-state index in [1.807, 2.05) is 0 Å². The highest BCUT2D eigenvalue weighted by Gasteiger charge is 2.38. The molecule has 21 heavy (non-hydrogen) atoms. The molecule has 3 saturated heterocycles. The van der Waals surface area contributed by atoms with Crippen molar-refractivity contribution in [1.82, 2.24) is 4.90 Å². The van der Waals surface area contributed by atoms with Gasteiger partial charge in [-0.25, -0.2) is 0 Å². The van der Waals surface area contributed by atoms with E-state index in [2.05, 4.69) is 4.90 Å². The molecule has 1 atom stereocenters. The lowest BCUT2D eigenvalue weighted by Gasteiger charge is -2.43. The van der Waals surface area contributed by atoms with Gasteiger partial charge in [0.25, 0.3) is 10.1 Å². The van der Waals surface area contributed by atoms with Crippen molar-refractivity contribution in [3.63, 3.8) is 0 Å². The average molecular weight is 350 g/mol. The van der Waals surface area contributed by atoms with Crippen LogP contribution < -0.4 is 0 Å². The van der Waals surface area contributed by atoms with E-state index in [9.17, 15) is 8.42 Å². The molecule has 0 aromatic heterocycles. The van der Waals surface area contributed by atoms with Crippen molar-refractivity contribution in [2.45, 2.75) is 30.8 Å². The average Bonchev–Trinajstić information content (AvgIpc) is 2.43. The molecule has 0 aliphatic carbocycles. The first-order valence-electron chi connectivity index (χ1n) is 6.98. The number of halogens is 2. The van der Waals surface area contributed by atoms with Gasteiger partial charge in [-0.05, 0) is 56.5 Å². The SMILES string of the molecule is Cc1cc(S(=O)(=O)OC2CN3CCC2CC3)c(Cl)cc1Cl.